The van der Waals surface area contributed by atoms with Gasteiger partial charge in [0.15, 0.2) is 0 Å². The van der Waals surface area contributed by atoms with Crippen LogP contribution in [0, 0.1) is 6.92 Å². The van der Waals surface area contributed by atoms with E-state index in [0.717, 1.165) is 17.8 Å². The Labute approximate surface area is 159 Å². The number of pyridine rings is 1. The average molecular weight is 364 g/mol. The monoisotopic (exact) mass is 364 g/mol. The van der Waals surface area contributed by atoms with Crippen LogP contribution in [0.3, 0.4) is 0 Å². The van der Waals surface area contributed by atoms with Gasteiger partial charge in [-0.25, -0.2) is 4.98 Å². The van der Waals surface area contributed by atoms with Crippen molar-refractivity contribution in [2.24, 2.45) is 0 Å². The van der Waals surface area contributed by atoms with Crippen LogP contribution in [0.5, 0.6) is 0 Å². The molecule has 0 spiro atoms. The number of hydrogen-bond acceptors (Lipinski definition) is 5. The molecular formula is C21H24N4O2. The van der Waals surface area contributed by atoms with Crippen molar-refractivity contribution in [3.63, 3.8) is 0 Å². The summed E-state index contributed by atoms with van der Waals surface area (Å²) in [7, 11) is 3.97. The Morgan fingerprint density at radius 3 is 2.44 bits per heavy atom. The summed E-state index contributed by atoms with van der Waals surface area (Å²) < 4.78 is 5.85. The Balaban J connectivity index is 1.85. The number of oxazole rings is 1. The molecule has 0 unspecified atom stereocenters. The average Bonchev–Trinajstić information content (AvgIpc) is 3.07. The lowest BCUT2D eigenvalue weighted by molar-refractivity contribution is 0.0697. The summed E-state index contributed by atoms with van der Waals surface area (Å²) in [4.78, 5) is 25.8. The van der Waals surface area contributed by atoms with Gasteiger partial charge in [0.2, 0.25) is 11.7 Å². The van der Waals surface area contributed by atoms with Crippen molar-refractivity contribution in [1.29, 1.82) is 0 Å². The molecule has 0 aliphatic heterocycles. The summed E-state index contributed by atoms with van der Waals surface area (Å²) in [5, 5.41) is 0. The van der Waals surface area contributed by atoms with Crippen LogP contribution in [-0.2, 0) is 6.54 Å². The van der Waals surface area contributed by atoms with E-state index in [2.05, 4.69) is 9.97 Å². The molecule has 2 aromatic heterocycles. The highest BCUT2D eigenvalue weighted by Crippen LogP contribution is 2.23. The van der Waals surface area contributed by atoms with Crippen LogP contribution in [0.2, 0.25) is 0 Å². The van der Waals surface area contributed by atoms with Gasteiger partial charge in [0.1, 0.15) is 0 Å². The van der Waals surface area contributed by atoms with Crippen molar-refractivity contribution in [1.82, 2.24) is 19.8 Å². The second-order valence-electron chi connectivity index (χ2n) is 6.65. The predicted octanol–water partition coefficient (Wildman–Crippen LogP) is 3.25. The maximum Gasteiger partial charge on any atom is 0.291 e. The summed E-state index contributed by atoms with van der Waals surface area (Å²) >= 11 is 0. The molecule has 6 heteroatoms. The first kappa shape index (κ1) is 18.8. The van der Waals surface area contributed by atoms with Crippen LogP contribution in [-0.4, -0.2) is 52.9 Å². The fourth-order valence-electron chi connectivity index (χ4n) is 2.70. The van der Waals surface area contributed by atoms with E-state index in [1.54, 1.807) is 18.0 Å². The van der Waals surface area contributed by atoms with Crippen molar-refractivity contribution in [2.75, 3.05) is 27.2 Å². The van der Waals surface area contributed by atoms with E-state index < -0.39 is 0 Å². The number of carbonyl (C=O) groups excluding carboxylic acids is 1. The zero-order chi connectivity index (χ0) is 19.2. The van der Waals surface area contributed by atoms with E-state index in [9.17, 15) is 4.79 Å². The Bertz CT molecular complexity index is 876. The molecule has 140 valence electrons. The lowest BCUT2D eigenvalue weighted by Gasteiger charge is -2.23. The Morgan fingerprint density at radius 1 is 1.04 bits per heavy atom. The zero-order valence-electron chi connectivity index (χ0n) is 15.9. The third kappa shape index (κ3) is 4.80. The molecule has 0 fully saturated rings. The number of rotatable bonds is 7. The Kier molecular flexibility index (Phi) is 5.98. The molecule has 6 nitrogen and oxygen atoms in total. The fraction of sp³-hybridized carbons (Fsp3) is 0.286. The van der Waals surface area contributed by atoms with Gasteiger partial charge in [-0.2, -0.15) is 0 Å². The molecule has 1 aromatic carbocycles. The molecule has 0 saturated heterocycles. The zero-order valence-corrected chi connectivity index (χ0v) is 15.9. The number of amides is 1. The summed E-state index contributed by atoms with van der Waals surface area (Å²) in [6.07, 6.45) is 1.73. The van der Waals surface area contributed by atoms with E-state index in [-0.39, 0.29) is 11.7 Å². The molecule has 27 heavy (non-hydrogen) atoms. The summed E-state index contributed by atoms with van der Waals surface area (Å²) in [5.41, 5.74) is 2.28. The highest BCUT2D eigenvalue weighted by Gasteiger charge is 2.24. The molecule has 1 amide bonds. The lowest BCUT2D eigenvalue weighted by atomic mass is 10.2. The van der Waals surface area contributed by atoms with Crippen molar-refractivity contribution in [2.45, 2.75) is 13.5 Å². The number of nitrogens with zero attached hydrogens (tertiary/aromatic N) is 4. The molecule has 0 bridgehead atoms. The molecule has 3 rings (SSSR count). The van der Waals surface area contributed by atoms with Crippen molar-refractivity contribution < 1.29 is 9.21 Å². The van der Waals surface area contributed by atoms with Gasteiger partial charge in [0, 0.05) is 24.8 Å². The van der Waals surface area contributed by atoms with E-state index >= 15 is 0 Å². The molecule has 0 atom stereocenters. The summed E-state index contributed by atoms with van der Waals surface area (Å²) in [5.74, 6) is 0.570. The Morgan fingerprint density at radius 2 is 1.78 bits per heavy atom. The minimum atomic E-state index is -0.172. The van der Waals surface area contributed by atoms with Crippen molar-refractivity contribution >= 4 is 5.91 Å². The quantitative estimate of drug-likeness (QED) is 0.644. The number of benzene rings is 1. The smallest absolute Gasteiger partial charge is 0.291 e. The fourth-order valence-corrected chi connectivity index (χ4v) is 2.70. The minimum absolute atomic E-state index is 0.172. The van der Waals surface area contributed by atoms with E-state index in [4.69, 9.17) is 4.42 Å². The third-order valence-electron chi connectivity index (χ3n) is 4.19. The second kappa shape index (κ2) is 8.60. The van der Waals surface area contributed by atoms with Crippen LogP contribution in [0.1, 0.15) is 21.9 Å². The van der Waals surface area contributed by atoms with Gasteiger partial charge in [-0.3, -0.25) is 9.78 Å². The highest BCUT2D eigenvalue weighted by molar-refractivity contribution is 5.92. The molecule has 0 aliphatic rings. The van der Waals surface area contributed by atoms with Crippen LogP contribution < -0.4 is 0 Å². The van der Waals surface area contributed by atoms with Gasteiger partial charge in [0.05, 0.1) is 17.9 Å². The number of aryl methyl sites for hydroxylation is 1. The molecular weight excluding hydrogens is 340 g/mol. The first-order valence-corrected chi connectivity index (χ1v) is 8.91. The van der Waals surface area contributed by atoms with Crippen LogP contribution in [0.4, 0.5) is 0 Å². The van der Waals surface area contributed by atoms with Gasteiger partial charge < -0.3 is 14.2 Å². The van der Waals surface area contributed by atoms with Gasteiger partial charge in [-0.15, -0.1) is 0 Å². The van der Waals surface area contributed by atoms with Gasteiger partial charge in [-0.1, -0.05) is 24.3 Å². The third-order valence-corrected chi connectivity index (χ3v) is 4.19. The molecule has 0 radical (unpaired) electrons. The SMILES string of the molecule is Cc1nc(-c2ccccc2)oc1C(=O)N(CCN(C)C)Cc1ccccn1. The molecule has 3 aromatic rings. The standard InChI is InChI=1S/C21H24N4O2/c1-16-19(27-20(23-16)17-9-5-4-6-10-17)21(26)25(14-13-24(2)3)15-18-11-7-8-12-22-18/h4-12H,13-15H2,1-3H3. The minimum Gasteiger partial charge on any atom is -0.431 e. The van der Waals surface area contributed by atoms with Crippen molar-refractivity contribution in [3.8, 4) is 11.5 Å². The number of aromatic nitrogens is 2. The largest absolute Gasteiger partial charge is 0.431 e. The number of hydrogen-bond donors (Lipinski definition) is 0. The van der Waals surface area contributed by atoms with Gasteiger partial charge in [0.25, 0.3) is 5.91 Å². The van der Waals surface area contributed by atoms with E-state index in [1.165, 1.54) is 0 Å². The first-order chi connectivity index (χ1) is 13.0. The van der Waals surface area contributed by atoms with Crippen molar-refractivity contribution in [3.05, 3.63) is 71.9 Å². The van der Waals surface area contributed by atoms with Crippen LogP contribution in [0.25, 0.3) is 11.5 Å². The molecule has 0 aliphatic carbocycles. The summed E-state index contributed by atoms with van der Waals surface area (Å²) in [6, 6.07) is 15.3. The summed E-state index contributed by atoms with van der Waals surface area (Å²) in [6.45, 7) is 3.54. The van der Waals surface area contributed by atoms with Crippen LogP contribution >= 0.6 is 0 Å². The maximum atomic E-state index is 13.2. The first-order valence-electron chi connectivity index (χ1n) is 8.91. The van der Waals surface area contributed by atoms with E-state index in [1.807, 2.05) is 67.5 Å². The van der Waals surface area contributed by atoms with Gasteiger partial charge in [-0.05, 0) is 45.3 Å². The van der Waals surface area contributed by atoms with Crippen LogP contribution in [0.15, 0.2) is 59.1 Å². The number of carbonyl (C=O) groups is 1. The van der Waals surface area contributed by atoms with Gasteiger partial charge >= 0.3 is 0 Å². The molecule has 2 heterocycles. The second-order valence-corrected chi connectivity index (χ2v) is 6.65. The normalized spacial score (nSPS) is 11.0. The lowest BCUT2D eigenvalue weighted by Crippen LogP contribution is -2.36. The Hall–Kier alpha value is -2.99. The maximum absolute atomic E-state index is 13.2. The molecule has 0 N–H and O–H groups in total. The predicted molar refractivity (Wildman–Crippen MR) is 104 cm³/mol. The van der Waals surface area contributed by atoms with E-state index in [0.29, 0.717) is 24.7 Å². The number of likely N-dealkylation sites (N-methyl/N-ethyl adjacent to an activating group) is 1. The highest BCUT2D eigenvalue weighted by atomic mass is 16.4. The molecule has 0 saturated carbocycles. The topological polar surface area (TPSA) is 62.5 Å².